The number of H-pyrrole nitrogens is 1. The van der Waals surface area contributed by atoms with E-state index in [4.69, 9.17) is 5.11 Å². The number of aromatic amines is 1. The van der Waals surface area contributed by atoms with E-state index in [-0.39, 0.29) is 11.4 Å². The Morgan fingerprint density at radius 1 is 1.71 bits per heavy atom. The number of nitro groups is 1. The van der Waals surface area contributed by atoms with Gasteiger partial charge in [0, 0.05) is 11.8 Å². The molecule has 0 aliphatic carbocycles. The highest BCUT2D eigenvalue weighted by atomic mass is 16.6. The molecule has 0 saturated carbocycles. The SMILES string of the molecule is CCCc1c[nH]c(C(=O)O)c1[N+](=O)[O-]. The Kier molecular flexibility index (Phi) is 2.85. The van der Waals surface area contributed by atoms with Crippen molar-refractivity contribution < 1.29 is 14.8 Å². The van der Waals surface area contributed by atoms with Crippen LogP contribution in [0.3, 0.4) is 0 Å². The van der Waals surface area contributed by atoms with Gasteiger partial charge >= 0.3 is 11.7 Å². The maximum atomic E-state index is 10.6. The molecule has 6 nitrogen and oxygen atoms in total. The Bertz CT molecular complexity index is 369. The summed E-state index contributed by atoms with van der Waals surface area (Å²) in [6.07, 6.45) is 2.61. The maximum absolute atomic E-state index is 10.6. The molecule has 1 aromatic heterocycles. The molecule has 0 atom stereocenters. The summed E-state index contributed by atoms with van der Waals surface area (Å²) in [6, 6.07) is 0. The lowest BCUT2D eigenvalue weighted by atomic mass is 10.1. The van der Waals surface area contributed by atoms with Crippen LogP contribution in [0.25, 0.3) is 0 Å². The molecule has 0 spiro atoms. The van der Waals surface area contributed by atoms with Crippen molar-refractivity contribution in [3.63, 3.8) is 0 Å². The highest BCUT2D eigenvalue weighted by Crippen LogP contribution is 2.24. The van der Waals surface area contributed by atoms with Gasteiger partial charge in [0.15, 0.2) is 0 Å². The van der Waals surface area contributed by atoms with E-state index < -0.39 is 10.9 Å². The van der Waals surface area contributed by atoms with Crippen LogP contribution >= 0.6 is 0 Å². The average molecular weight is 198 g/mol. The molecule has 0 amide bonds. The quantitative estimate of drug-likeness (QED) is 0.566. The topological polar surface area (TPSA) is 96.2 Å². The summed E-state index contributed by atoms with van der Waals surface area (Å²) in [5.74, 6) is -1.31. The lowest BCUT2D eigenvalue weighted by Crippen LogP contribution is -2.02. The third kappa shape index (κ3) is 1.73. The lowest BCUT2D eigenvalue weighted by molar-refractivity contribution is -0.385. The van der Waals surface area contributed by atoms with Crippen molar-refractivity contribution in [1.82, 2.24) is 4.98 Å². The highest BCUT2D eigenvalue weighted by molar-refractivity contribution is 5.91. The van der Waals surface area contributed by atoms with Gasteiger partial charge in [0.25, 0.3) is 0 Å². The van der Waals surface area contributed by atoms with Crippen molar-refractivity contribution in [2.45, 2.75) is 19.8 Å². The van der Waals surface area contributed by atoms with Gasteiger partial charge in [-0.2, -0.15) is 0 Å². The number of rotatable bonds is 4. The largest absolute Gasteiger partial charge is 0.476 e. The summed E-state index contributed by atoms with van der Waals surface area (Å²) in [4.78, 5) is 23.0. The average Bonchev–Trinajstić information content (AvgIpc) is 2.48. The predicted molar refractivity (Wildman–Crippen MR) is 48.4 cm³/mol. The molecule has 76 valence electrons. The molecular weight excluding hydrogens is 188 g/mol. The van der Waals surface area contributed by atoms with Gasteiger partial charge in [-0.15, -0.1) is 0 Å². The third-order valence-electron chi connectivity index (χ3n) is 1.85. The second-order valence-corrected chi connectivity index (χ2v) is 2.85. The van der Waals surface area contributed by atoms with E-state index in [1.807, 2.05) is 6.92 Å². The molecule has 6 heteroatoms. The minimum absolute atomic E-state index is 0.320. The first-order valence-corrected chi connectivity index (χ1v) is 4.15. The number of aryl methyl sites for hydroxylation is 1. The number of hydrogen-bond acceptors (Lipinski definition) is 3. The zero-order chi connectivity index (χ0) is 10.7. The van der Waals surface area contributed by atoms with E-state index in [9.17, 15) is 14.9 Å². The molecule has 1 heterocycles. The first-order chi connectivity index (χ1) is 6.57. The summed E-state index contributed by atoms with van der Waals surface area (Å²) in [7, 11) is 0. The number of carboxylic acids is 1. The molecule has 0 unspecified atom stereocenters. The second kappa shape index (κ2) is 3.91. The first-order valence-electron chi connectivity index (χ1n) is 4.15. The molecule has 0 radical (unpaired) electrons. The van der Waals surface area contributed by atoms with Gasteiger partial charge in [0.1, 0.15) is 0 Å². The van der Waals surface area contributed by atoms with Gasteiger partial charge in [-0.25, -0.2) is 4.79 Å². The van der Waals surface area contributed by atoms with Crippen LogP contribution in [-0.2, 0) is 6.42 Å². The summed E-state index contributed by atoms with van der Waals surface area (Å²) >= 11 is 0. The zero-order valence-electron chi connectivity index (χ0n) is 7.61. The van der Waals surface area contributed by atoms with Crippen LogP contribution in [0.15, 0.2) is 6.20 Å². The van der Waals surface area contributed by atoms with Crippen molar-refractivity contribution in [2.24, 2.45) is 0 Å². The fraction of sp³-hybridized carbons (Fsp3) is 0.375. The standard InChI is InChI=1S/C8H10N2O4/c1-2-3-5-4-9-6(8(11)12)7(5)10(13)14/h4,9H,2-3H2,1H3,(H,11,12). The van der Waals surface area contributed by atoms with Crippen molar-refractivity contribution in [2.75, 3.05) is 0 Å². The van der Waals surface area contributed by atoms with Crippen LogP contribution in [0.1, 0.15) is 29.4 Å². The van der Waals surface area contributed by atoms with E-state index in [0.29, 0.717) is 12.0 Å². The normalized spacial score (nSPS) is 10.1. The van der Waals surface area contributed by atoms with Crippen molar-refractivity contribution in [1.29, 1.82) is 0 Å². The lowest BCUT2D eigenvalue weighted by Gasteiger charge is -1.94. The summed E-state index contributed by atoms with van der Waals surface area (Å²) in [5.41, 5.74) is -0.229. The number of carboxylic acid groups (broad SMARTS) is 1. The number of nitrogens with one attached hydrogen (secondary N) is 1. The molecule has 1 aromatic rings. The zero-order valence-corrected chi connectivity index (χ0v) is 7.61. The van der Waals surface area contributed by atoms with Crippen molar-refractivity contribution >= 4 is 11.7 Å². The molecule has 0 bridgehead atoms. The number of nitrogens with zero attached hydrogens (tertiary/aromatic N) is 1. The molecule has 1 rings (SSSR count). The Labute approximate surface area is 79.7 Å². The maximum Gasteiger partial charge on any atom is 0.359 e. The second-order valence-electron chi connectivity index (χ2n) is 2.85. The van der Waals surface area contributed by atoms with Crippen molar-refractivity contribution in [3.05, 3.63) is 27.6 Å². The van der Waals surface area contributed by atoms with E-state index >= 15 is 0 Å². The monoisotopic (exact) mass is 198 g/mol. The van der Waals surface area contributed by atoms with Gasteiger partial charge in [0.2, 0.25) is 5.69 Å². The molecule has 0 aliphatic rings. The summed E-state index contributed by atoms with van der Waals surface area (Å²) in [6.45, 7) is 1.87. The van der Waals surface area contributed by atoms with Gasteiger partial charge in [0.05, 0.1) is 4.92 Å². The van der Waals surface area contributed by atoms with E-state index in [2.05, 4.69) is 4.98 Å². The smallest absolute Gasteiger partial charge is 0.359 e. The molecule has 0 saturated heterocycles. The van der Waals surface area contributed by atoms with Gasteiger partial charge in [-0.3, -0.25) is 10.1 Å². The minimum Gasteiger partial charge on any atom is -0.476 e. The molecule has 0 aliphatic heterocycles. The Morgan fingerprint density at radius 3 is 2.79 bits per heavy atom. The van der Waals surface area contributed by atoms with Gasteiger partial charge < -0.3 is 10.1 Å². The Morgan fingerprint density at radius 2 is 2.36 bits per heavy atom. The van der Waals surface area contributed by atoms with Crippen LogP contribution in [0.2, 0.25) is 0 Å². The van der Waals surface area contributed by atoms with Gasteiger partial charge in [-0.1, -0.05) is 13.3 Å². The van der Waals surface area contributed by atoms with Crippen LogP contribution < -0.4 is 0 Å². The first kappa shape index (κ1) is 10.2. The Hall–Kier alpha value is -1.85. The van der Waals surface area contributed by atoms with Crippen LogP contribution in [-0.4, -0.2) is 21.0 Å². The van der Waals surface area contributed by atoms with E-state index in [1.54, 1.807) is 0 Å². The fourth-order valence-electron chi connectivity index (χ4n) is 1.29. The molecule has 2 N–H and O–H groups in total. The number of carbonyl (C=O) groups is 1. The van der Waals surface area contributed by atoms with E-state index in [0.717, 1.165) is 6.42 Å². The summed E-state index contributed by atoms with van der Waals surface area (Å²) in [5, 5.41) is 19.3. The highest BCUT2D eigenvalue weighted by Gasteiger charge is 2.25. The molecule has 0 fully saturated rings. The Balaban J connectivity index is 3.20. The molecular formula is C8H10N2O4. The number of aromatic nitrogens is 1. The number of aromatic carboxylic acids is 1. The molecule has 14 heavy (non-hydrogen) atoms. The van der Waals surface area contributed by atoms with Crippen LogP contribution in [0.4, 0.5) is 5.69 Å². The third-order valence-corrected chi connectivity index (χ3v) is 1.85. The minimum atomic E-state index is -1.31. The predicted octanol–water partition coefficient (Wildman–Crippen LogP) is 1.57. The van der Waals surface area contributed by atoms with Gasteiger partial charge in [-0.05, 0) is 6.42 Å². The molecule has 0 aromatic carbocycles. The van der Waals surface area contributed by atoms with Crippen LogP contribution in [0.5, 0.6) is 0 Å². The van der Waals surface area contributed by atoms with Crippen LogP contribution in [0, 0.1) is 10.1 Å². The van der Waals surface area contributed by atoms with E-state index in [1.165, 1.54) is 6.20 Å². The number of hydrogen-bond donors (Lipinski definition) is 2. The fourth-order valence-corrected chi connectivity index (χ4v) is 1.29. The summed E-state index contributed by atoms with van der Waals surface area (Å²) < 4.78 is 0. The van der Waals surface area contributed by atoms with Crippen molar-refractivity contribution in [3.8, 4) is 0 Å².